The lowest BCUT2D eigenvalue weighted by molar-refractivity contribution is 1.19. The molecule has 0 spiro atoms. The number of nitrogens with zero attached hydrogens (tertiary/aromatic N) is 1. The minimum Gasteiger partial charge on any atom is -0.358 e. The van der Waals surface area contributed by atoms with Gasteiger partial charge < -0.3 is 4.98 Å². The van der Waals surface area contributed by atoms with Crippen molar-refractivity contribution in [2.45, 2.75) is 27.2 Å². The van der Waals surface area contributed by atoms with Crippen molar-refractivity contribution in [3.63, 3.8) is 0 Å². The van der Waals surface area contributed by atoms with Crippen LogP contribution in [-0.4, -0.2) is 4.98 Å². The average Bonchev–Trinajstić information content (AvgIpc) is 2.53. The van der Waals surface area contributed by atoms with Crippen LogP contribution in [0.25, 0.3) is 10.9 Å². The summed E-state index contributed by atoms with van der Waals surface area (Å²) in [7, 11) is 0. The molecule has 1 aromatic heterocycles. The molecule has 15 heavy (non-hydrogen) atoms. The number of nitriles is 1. The van der Waals surface area contributed by atoms with Crippen molar-refractivity contribution in [2.24, 2.45) is 0 Å². The molecular formula is C13H14N2. The van der Waals surface area contributed by atoms with E-state index in [1.165, 1.54) is 22.0 Å². The molecule has 0 radical (unpaired) electrons. The summed E-state index contributed by atoms with van der Waals surface area (Å²) in [5, 5.41) is 10.0. The summed E-state index contributed by atoms with van der Waals surface area (Å²) in [5.74, 6) is 0. The van der Waals surface area contributed by atoms with Gasteiger partial charge in [0.25, 0.3) is 0 Å². The molecule has 0 atom stereocenters. The zero-order valence-corrected chi connectivity index (χ0v) is 9.31. The summed E-state index contributed by atoms with van der Waals surface area (Å²) in [6.07, 6.45) is 0.482. The van der Waals surface area contributed by atoms with Crippen LogP contribution in [0.15, 0.2) is 12.1 Å². The number of fused-ring (bicyclic) bond motifs is 1. The van der Waals surface area contributed by atoms with Crippen molar-refractivity contribution < 1.29 is 0 Å². The van der Waals surface area contributed by atoms with Crippen molar-refractivity contribution in [1.82, 2.24) is 4.98 Å². The summed E-state index contributed by atoms with van der Waals surface area (Å²) < 4.78 is 0. The first-order valence-corrected chi connectivity index (χ1v) is 5.09. The third-order valence-corrected chi connectivity index (χ3v) is 2.94. The van der Waals surface area contributed by atoms with Crippen LogP contribution in [0.1, 0.15) is 22.4 Å². The molecule has 0 saturated heterocycles. The molecule has 1 aromatic carbocycles. The van der Waals surface area contributed by atoms with E-state index in [0.29, 0.717) is 6.42 Å². The van der Waals surface area contributed by atoms with Crippen LogP contribution in [0.4, 0.5) is 0 Å². The van der Waals surface area contributed by atoms with Gasteiger partial charge in [-0.25, -0.2) is 0 Å². The van der Waals surface area contributed by atoms with Crippen LogP contribution in [0, 0.1) is 32.1 Å². The minimum atomic E-state index is 0.482. The Bertz CT molecular complexity index is 556. The maximum absolute atomic E-state index is 8.82. The Morgan fingerprint density at radius 2 is 1.87 bits per heavy atom. The number of rotatable bonds is 1. The van der Waals surface area contributed by atoms with E-state index in [4.69, 9.17) is 5.26 Å². The summed E-state index contributed by atoms with van der Waals surface area (Å²) >= 11 is 0. The molecule has 0 unspecified atom stereocenters. The summed E-state index contributed by atoms with van der Waals surface area (Å²) in [4.78, 5) is 3.37. The largest absolute Gasteiger partial charge is 0.358 e. The maximum atomic E-state index is 8.82. The zero-order valence-electron chi connectivity index (χ0n) is 9.31. The van der Waals surface area contributed by atoms with Crippen LogP contribution in [0.3, 0.4) is 0 Å². The molecule has 2 heteroatoms. The van der Waals surface area contributed by atoms with Gasteiger partial charge in [0.15, 0.2) is 0 Å². The SMILES string of the molecule is Cc1[nH]c2c(C)ccc(C)c2c1CC#N. The normalized spacial score (nSPS) is 10.5. The fourth-order valence-electron chi connectivity index (χ4n) is 2.11. The molecule has 2 nitrogen and oxygen atoms in total. The highest BCUT2D eigenvalue weighted by Gasteiger charge is 2.11. The number of aromatic amines is 1. The van der Waals surface area contributed by atoms with Crippen LogP contribution < -0.4 is 0 Å². The van der Waals surface area contributed by atoms with Gasteiger partial charge in [-0.2, -0.15) is 5.26 Å². The molecule has 0 bridgehead atoms. The van der Waals surface area contributed by atoms with Gasteiger partial charge in [0.1, 0.15) is 0 Å². The minimum absolute atomic E-state index is 0.482. The number of hydrogen-bond acceptors (Lipinski definition) is 1. The van der Waals surface area contributed by atoms with Crippen molar-refractivity contribution in [2.75, 3.05) is 0 Å². The second-order valence-corrected chi connectivity index (χ2v) is 4.01. The van der Waals surface area contributed by atoms with Crippen LogP contribution >= 0.6 is 0 Å². The average molecular weight is 198 g/mol. The van der Waals surface area contributed by atoms with E-state index in [1.54, 1.807) is 0 Å². The van der Waals surface area contributed by atoms with E-state index in [-0.39, 0.29) is 0 Å². The Hall–Kier alpha value is -1.75. The predicted molar refractivity (Wildman–Crippen MR) is 61.8 cm³/mol. The zero-order chi connectivity index (χ0) is 11.0. The molecule has 0 saturated carbocycles. The molecule has 0 aliphatic carbocycles. The molecule has 2 rings (SSSR count). The number of nitrogens with one attached hydrogen (secondary N) is 1. The molecule has 0 amide bonds. The predicted octanol–water partition coefficient (Wildman–Crippen LogP) is 3.16. The van der Waals surface area contributed by atoms with Gasteiger partial charge in [-0.05, 0) is 37.5 Å². The van der Waals surface area contributed by atoms with Crippen LogP contribution in [-0.2, 0) is 6.42 Å². The number of H-pyrrole nitrogens is 1. The quantitative estimate of drug-likeness (QED) is 0.751. The summed E-state index contributed by atoms with van der Waals surface area (Å²) in [6.45, 7) is 6.22. The second-order valence-electron chi connectivity index (χ2n) is 4.01. The second kappa shape index (κ2) is 3.43. The Balaban J connectivity index is 2.87. The lowest BCUT2D eigenvalue weighted by Crippen LogP contribution is -1.85. The standard InChI is InChI=1S/C13H14N2/c1-8-4-5-9(2)13-12(8)11(6-7-14)10(3)15-13/h4-5,15H,6H2,1-3H3. The van der Waals surface area contributed by atoms with Gasteiger partial charge in [-0.15, -0.1) is 0 Å². The van der Waals surface area contributed by atoms with E-state index in [9.17, 15) is 0 Å². The first kappa shape index (κ1) is 9.79. The summed E-state index contributed by atoms with van der Waals surface area (Å²) in [6, 6.07) is 6.46. The van der Waals surface area contributed by atoms with Crippen LogP contribution in [0.2, 0.25) is 0 Å². The smallest absolute Gasteiger partial charge is 0.0670 e. The van der Waals surface area contributed by atoms with Crippen molar-refractivity contribution in [3.05, 3.63) is 34.5 Å². The molecule has 76 valence electrons. The lowest BCUT2D eigenvalue weighted by Gasteiger charge is -2.01. The molecule has 0 aliphatic rings. The Labute approximate surface area is 89.5 Å². The molecule has 1 N–H and O–H groups in total. The van der Waals surface area contributed by atoms with Gasteiger partial charge in [0.2, 0.25) is 0 Å². The number of aryl methyl sites for hydroxylation is 3. The first-order valence-electron chi connectivity index (χ1n) is 5.09. The molecule has 2 aromatic rings. The van der Waals surface area contributed by atoms with Gasteiger partial charge >= 0.3 is 0 Å². The number of hydrogen-bond donors (Lipinski definition) is 1. The van der Waals surface area contributed by atoms with Crippen molar-refractivity contribution >= 4 is 10.9 Å². The highest BCUT2D eigenvalue weighted by atomic mass is 14.7. The first-order chi connectivity index (χ1) is 7.15. The molecule has 1 heterocycles. The van der Waals surface area contributed by atoms with E-state index < -0.39 is 0 Å². The fourth-order valence-corrected chi connectivity index (χ4v) is 2.11. The van der Waals surface area contributed by atoms with E-state index in [1.807, 2.05) is 6.92 Å². The van der Waals surface area contributed by atoms with E-state index in [0.717, 1.165) is 11.3 Å². The number of aromatic nitrogens is 1. The molecular weight excluding hydrogens is 184 g/mol. The van der Waals surface area contributed by atoms with Gasteiger partial charge in [-0.1, -0.05) is 12.1 Å². The fraction of sp³-hybridized carbons (Fsp3) is 0.308. The van der Waals surface area contributed by atoms with Gasteiger partial charge in [-0.3, -0.25) is 0 Å². The topological polar surface area (TPSA) is 39.6 Å². The maximum Gasteiger partial charge on any atom is 0.0670 e. The van der Waals surface area contributed by atoms with Gasteiger partial charge in [0.05, 0.1) is 12.5 Å². The number of benzene rings is 1. The van der Waals surface area contributed by atoms with E-state index in [2.05, 4.69) is 37.0 Å². The monoisotopic (exact) mass is 198 g/mol. The highest BCUT2D eigenvalue weighted by Crippen LogP contribution is 2.28. The molecule has 0 aliphatic heterocycles. The Morgan fingerprint density at radius 1 is 1.20 bits per heavy atom. The highest BCUT2D eigenvalue weighted by molar-refractivity contribution is 5.90. The molecule has 0 fully saturated rings. The van der Waals surface area contributed by atoms with Gasteiger partial charge in [0, 0.05) is 16.6 Å². The third kappa shape index (κ3) is 1.41. The van der Waals surface area contributed by atoms with E-state index >= 15 is 0 Å². The summed E-state index contributed by atoms with van der Waals surface area (Å²) in [5.41, 5.74) is 5.92. The van der Waals surface area contributed by atoms with Crippen molar-refractivity contribution in [1.29, 1.82) is 5.26 Å². The Morgan fingerprint density at radius 3 is 2.53 bits per heavy atom. The third-order valence-electron chi connectivity index (χ3n) is 2.94. The van der Waals surface area contributed by atoms with Crippen molar-refractivity contribution in [3.8, 4) is 6.07 Å². The van der Waals surface area contributed by atoms with Crippen LogP contribution in [0.5, 0.6) is 0 Å². The lowest BCUT2D eigenvalue weighted by atomic mass is 10.0. The Kier molecular flexibility index (Phi) is 2.24.